The van der Waals surface area contributed by atoms with Crippen LogP contribution in [0.15, 0.2) is 18.2 Å². The van der Waals surface area contributed by atoms with E-state index in [1.165, 1.54) is 0 Å². The molecule has 0 bridgehead atoms. The van der Waals surface area contributed by atoms with Gasteiger partial charge in [0.2, 0.25) is 0 Å². The van der Waals surface area contributed by atoms with Crippen LogP contribution in [0.25, 0.3) is 10.9 Å². The average Bonchev–Trinajstić information content (AvgIpc) is 2.97. The zero-order chi connectivity index (χ0) is 12.5. The Morgan fingerprint density at radius 1 is 1.56 bits per heavy atom. The van der Waals surface area contributed by atoms with Gasteiger partial charge in [-0.1, -0.05) is 0 Å². The number of nitrogens with two attached hydrogens (primary N) is 1. The third kappa shape index (κ3) is 2.03. The van der Waals surface area contributed by atoms with Crippen LogP contribution in [0.3, 0.4) is 0 Å². The van der Waals surface area contributed by atoms with E-state index in [4.69, 9.17) is 5.73 Å². The molecule has 1 atom stereocenters. The number of fused-ring (bicyclic) bond motifs is 1. The van der Waals surface area contributed by atoms with E-state index < -0.39 is 0 Å². The summed E-state index contributed by atoms with van der Waals surface area (Å²) in [5.41, 5.74) is 7.63. The molecule has 5 nitrogen and oxygen atoms in total. The number of nitrogens with zero attached hydrogens (tertiary/aromatic N) is 1. The lowest BCUT2D eigenvalue weighted by atomic mass is 10.1. The summed E-state index contributed by atoms with van der Waals surface area (Å²) in [4.78, 5) is 12.1. The number of benzene rings is 1. The van der Waals surface area contributed by atoms with Crippen LogP contribution < -0.4 is 11.1 Å². The molecule has 1 aliphatic rings. The SMILES string of the molecule is Nc1ccc2[nH]nc(C(=O)NC3CCSC3)c2c1. The van der Waals surface area contributed by atoms with Crippen molar-refractivity contribution < 1.29 is 4.79 Å². The minimum atomic E-state index is -0.126. The highest BCUT2D eigenvalue weighted by Crippen LogP contribution is 2.21. The number of carbonyl (C=O) groups is 1. The van der Waals surface area contributed by atoms with Crippen LogP contribution in [0.5, 0.6) is 0 Å². The molecule has 1 fully saturated rings. The number of nitrogens with one attached hydrogen (secondary N) is 2. The zero-order valence-electron chi connectivity index (χ0n) is 9.77. The number of rotatable bonds is 2. The Balaban J connectivity index is 1.88. The number of aromatic nitrogens is 2. The number of hydrogen-bond acceptors (Lipinski definition) is 4. The van der Waals surface area contributed by atoms with E-state index in [1.54, 1.807) is 12.1 Å². The molecule has 1 saturated heterocycles. The number of anilines is 1. The molecule has 6 heteroatoms. The molecule has 1 aromatic carbocycles. The summed E-state index contributed by atoms with van der Waals surface area (Å²) in [5, 5.41) is 10.7. The van der Waals surface area contributed by atoms with Crippen molar-refractivity contribution in [2.75, 3.05) is 17.2 Å². The van der Waals surface area contributed by atoms with Crippen LogP contribution in [0.2, 0.25) is 0 Å². The van der Waals surface area contributed by atoms with Crippen molar-refractivity contribution in [3.05, 3.63) is 23.9 Å². The molecule has 1 aliphatic heterocycles. The Morgan fingerprint density at radius 2 is 2.44 bits per heavy atom. The molecular weight excluding hydrogens is 248 g/mol. The van der Waals surface area contributed by atoms with Gasteiger partial charge in [0.15, 0.2) is 5.69 Å². The van der Waals surface area contributed by atoms with E-state index in [9.17, 15) is 4.79 Å². The van der Waals surface area contributed by atoms with E-state index in [2.05, 4.69) is 15.5 Å². The molecule has 3 rings (SSSR count). The van der Waals surface area contributed by atoms with Gasteiger partial charge in [-0.3, -0.25) is 9.89 Å². The first kappa shape index (κ1) is 11.4. The fourth-order valence-corrected chi connectivity index (χ4v) is 3.26. The number of carbonyl (C=O) groups excluding carboxylic acids is 1. The Kier molecular flexibility index (Phi) is 2.87. The molecule has 1 aromatic heterocycles. The van der Waals surface area contributed by atoms with Crippen molar-refractivity contribution in [2.45, 2.75) is 12.5 Å². The fourth-order valence-electron chi connectivity index (χ4n) is 2.11. The van der Waals surface area contributed by atoms with Crippen molar-refractivity contribution in [2.24, 2.45) is 0 Å². The molecule has 1 unspecified atom stereocenters. The standard InChI is InChI=1S/C12H14N4OS/c13-7-1-2-10-9(5-7)11(16-15-10)12(17)14-8-3-4-18-6-8/h1-2,5,8H,3-4,6,13H2,(H,14,17)(H,15,16). The maximum absolute atomic E-state index is 12.1. The highest BCUT2D eigenvalue weighted by molar-refractivity contribution is 7.99. The number of aromatic amines is 1. The summed E-state index contributed by atoms with van der Waals surface area (Å²) in [5.74, 6) is 1.97. The Labute approximate surface area is 109 Å². The lowest BCUT2D eigenvalue weighted by Gasteiger charge is -2.09. The second-order valence-corrected chi connectivity index (χ2v) is 5.56. The monoisotopic (exact) mass is 262 g/mol. The number of amides is 1. The van der Waals surface area contributed by atoms with Gasteiger partial charge in [-0.25, -0.2) is 0 Å². The third-order valence-electron chi connectivity index (χ3n) is 3.07. The maximum atomic E-state index is 12.1. The second-order valence-electron chi connectivity index (χ2n) is 4.41. The molecule has 0 saturated carbocycles. The maximum Gasteiger partial charge on any atom is 0.272 e. The van der Waals surface area contributed by atoms with Crippen LogP contribution in [0, 0.1) is 0 Å². The van der Waals surface area contributed by atoms with Gasteiger partial charge in [0.25, 0.3) is 5.91 Å². The molecule has 0 radical (unpaired) electrons. The first-order valence-electron chi connectivity index (χ1n) is 5.86. The van der Waals surface area contributed by atoms with Crippen LogP contribution in [-0.4, -0.2) is 33.7 Å². The second kappa shape index (κ2) is 4.53. The van der Waals surface area contributed by atoms with E-state index in [0.29, 0.717) is 11.4 Å². The molecule has 0 aliphatic carbocycles. The van der Waals surface area contributed by atoms with E-state index in [0.717, 1.165) is 28.8 Å². The minimum Gasteiger partial charge on any atom is -0.399 e. The van der Waals surface area contributed by atoms with Crippen LogP contribution >= 0.6 is 11.8 Å². The van der Waals surface area contributed by atoms with Crippen LogP contribution in [-0.2, 0) is 0 Å². The Hall–Kier alpha value is -1.69. The molecule has 2 heterocycles. The topological polar surface area (TPSA) is 83.8 Å². The van der Waals surface area contributed by atoms with Crippen molar-refractivity contribution in [3.63, 3.8) is 0 Å². The third-order valence-corrected chi connectivity index (χ3v) is 4.23. The fraction of sp³-hybridized carbons (Fsp3) is 0.333. The van der Waals surface area contributed by atoms with Gasteiger partial charge in [-0.15, -0.1) is 0 Å². The quantitative estimate of drug-likeness (QED) is 0.714. The lowest BCUT2D eigenvalue weighted by molar-refractivity contribution is 0.0937. The molecule has 18 heavy (non-hydrogen) atoms. The summed E-state index contributed by atoms with van der Waals surface area (Å²) < 4.78 is 0. The summed E-state index contributed by atoms with van der Waals surface area (Å²) >= 11 is 1.86. The van der Waals surface area contributed by atoms with Gasteiger partial charge in [0, 0.05) is 22.9 Å². The van der Waals surface area contributed by atoms with Crippen molar-refractivity contribution in [1.82, 2.24) is 15.5 Å². The average molecular weight is 262 g/mol. The van der Waals surface area contributed by atoms with E-state index >= 15 is 0 Å². The lowest BCUT2D eigenvalue weighted by Crippen LogP contribution is -2.34. The number of thioether (sulfide) groups is 1. The first-order chi connectivity index (χ1) is 8.74. The van der Waals surface area contributed by atoms with E-state index in [1.807, 2.05) is 17.8 Å². The van der Waals surface area contributed by atoms with Gasteiger partial charge < -0.3 is 11.1 Å². The van der Waals surface area contributed by atoms with Crippen LogP contribution in [0.4, 0.5) is 5.69 Å². The number of H-pyrrole nitrogens is 1. The normalized spacial score (nSPS) is 19.2. The minimum absolute atomic E-state index is 0.126. The Bertz CT molecular complexity index is 589. The van der Waals surface area contributed by atoms with Gasteiger partial charge in [0.05, 0.1) is 5.52 Å². The predicted octanol–water partition coefficient (Wildman–Crippen LogP) is 1.38. The molecule has 94 valence electrons. The molecule has 0 spiro atoms. The number of hydrogen-bond donors (Lipinski definition) is 3. The van der Waals surface area contributed by atoms with Crippen molar-refractivity contribution in [3.8, 4) is 0 Å². The van der Waals surface area contributed by atoms with Gasteiger partial charge in [-0.2, -0.15) is 16.9 Å². The van der Waals surface area contributed by atoms with Crippen molar-refractivity contribution >= 4 is 34.3 Å². The molecule has 2 aromatic rings. The Morgan fingerprint density at radius 3 is 3.22 bits per heavy atom. The van der Waals surface area contributed by atoms with Gasteiger partial charge in [0.1, 0.15) is 0 Å². The summed E-state index contributed by atoms with van der Waals surface area (Å²) in [6.45, 7) is 0. The number of nitrogen functional groups attached to an aromatic ring is 1. The smallest absolute Gasteiger partial charge is 0.272 e. The largest absolute Gasteiger partial charge is 0.399 e. The van der Waals surface area contributed by atoms with Gasteiger partial charge >= 0.3 is 0 Å². The zero-order valence-corrected chi connectivity index (χ0v) is 10.6. The highest BCUT2D eigenvalue weighted by atomic mass is 32.2. The predicted molar refractivity (Wildman–Crippen MR) is 73.7 cm³/mol. The highest BCUT2D eigenvalue weighted by Gasteiger charge is 2.21. The summed E-state index contributed by atoms with van der Waals surface area (Å²) in [6, 6.07) is 5.66. The van der Waals surface area contributed by atoms with Gasteiger partial charge in [-0.05, 0) is 30.4 Å². The van der Waals surface area contributed by atoms with E-state index in [-0.39, 0.29) is 11.9 Å². The molecule has 4 N–H and O–H groups in total. The molecular formula is C12H14N4OS. The first-order valence-corrected chi connectivity index (χ1v) is 7.02. The van der Waals surface area contributed by atoms with Crippen molar-refractivity contribution in [1.29, 1.82) is 0 Å². The molecule has 1 amide bonds. The summed E-state index contributed by atoms with van der Waals surface area (Å²) in [7, 11) is 0. The summed E-state index contributed by atoms with van der Waals surface area (Å²) in [6.07, 6.45) is 1.03. The van der Waals surface area contributed by atoms with Crippen LogP contribution in [0.1, 0.15) is 16.9 Å².